The fraction of sp³-hybridized carbons (Fsp3) is 0.200. The summed E-state index contributed by atoms with van der Waals surface area (Å²) in [7, 11) is 5.91. The molecule has 4 rings (SSSR count). The third kappa shape index (κ3) is 3.49. The SMILES string of the molecule is COc1ccccc1-n1c(O)c(C=NNc2nc3c(c(=O)n(C)c(=O)n3C)n2C)c(=O)[nH]c1=S. The number of rotatable bonds is 5. The zero-order valence-electron chi connectivity index (χ0n) is 18.6. The van der Waals surface area contributed by atoms with E-state index in [-0.39, 0.29) is 27.4 Å². The van der Waals surface area contributed by atoms with Crippen LogP contribution >= 0.6 is 12.2 Å². The molecular weight excluding hydrogens is 464 g/mol. The molecule has 3 N–H and O–H groups in total. The molecule has 1 aromatic carbocycles. The number of nitrogens with zero attached hydrogens (tertiary/aromatic N) is 6. The number of nitrogens with one attached hydrogen (secondary N) is 2. The number of hydrogen-bond donors (Lipinski definition) is 3. The molecule has 34 heavy (non-hydrogen) atoms. The summed E-state index contributed by atoms with van der Waals surface area (Å²) in [5.74, 6) is 0.108. The van der Waals surface area contributed by atoms with Gasteiger partial charge < -0.3 is 14.4 Å². The smallest absolute Gasteiger partial charge is 0.332 e. The minimum absolute atomic E-state index is 0.0378. The molecule has 0 atom stereocenters. The van der Waals surface area contributed by atoms with Crippen LogP contribution in [0.1, 0.15) is 5.56 Å². The van der Waals surface area contributed by atoms with E-state index >= 15 is 0 Å². The number of aromatic hydroxyl groups is 1. The Bertz CT molecular complexity index is 1710. The maximum absolute atomic E-state index is 12.5. The number of hydrogen-bond acceptors (Lipinski definition) is 9. The molecule has 0 fully saturated rings. The lowest BCUT2D eigenvalue weighted by Crippen LogP contribution is -2.37. The largest absolute Gasteiger partial charge is 0.495 e. The Balaban J connectivity index is 1.78. The molecule has 0 aliphatic heterocycles. The first-order chi connectivity index (χ1) is 16.2. The summed E-state index contributed by atoms with van der Waals surface area (Å²) in [6.07, 6.45) is 1.09. The van der Waals surface area contributed by atoms with Crippen LogP contribution in [0.3, 0.4) is 0 Å². The second-order valence-corrected chi connectivity index (χ2v) is 7.63. The van der Waals surface area contributed by atoms with E-state index in [0.717, 1.165) is 10.8 Å². The fourth-order valence-corrected chi connectivity index (χ4v) is 3.74. The predicted molar refractivity (Wildman–Crippen MR) is 128 cm³/mol. The van der Waals surface area contributed by atoms with Crippen molar-refractivity contribution < 1.29 is 9.84 Å². The number of para-hydroxylation sites is 2. The number of aryl methyl sites for hydroxylation is 2. The van der Waals surface area contributed by atoms with Crippen molar-refractivity contribution in [2.24, 2.45) is 26.2 Å². The van der Waals surface area contributed by atoms with Crippen molar-refractivity contribution in [3.63, 3.8) is 0 Å². The number of hydrazone groups is 1. The van der Waals surface area contributed by atoms with Gasteiger partial charge in [0.1, 0.15) is 11.3 Å². The highest BCUT2D eigenvalue weighted by atomic mass is 32.1. The summed E-state index contributed by atoms with van der Waals surface area (Å²) in [5, 5.41) is 14.8. The van der Waals surface area contributed by atoms with Crippen LogP contribution in [-0.4, -0.2) is 46.7 Å². The first-order valence-electron chi connectivity index (χ1n) is 9.80. The maximum Gasteiger partial charge on any atom is 0.332 e. The van der Waals surface area contributed by atoms with Gasteiger partial charge >= 0.3 is 5.69 Å². The van der Waals surface area contributed by atoms with Gasteiger partial charge in [0, 0.05) is 21.1 Å². The van der Waals surface area contributed by atoms with E-state index in [0.29, 0.717) is 11.4 Å². The first-order valence-corrected chi connectivity index (χ1v) is 10.2. The molecule has 176 valence electrons. The molecule has 3 heterocycles. The molecule has 0 radical (unpaired) electrons. The molecule has 13 nitrogen and oxygen atoms in total. The van der Waals surface area contributed by atoms with Gasteiger partial charge in [0.15, 0.2) is 15.9 Å². The van der Waals surface area contributed by atoms with E-state index in [2.05, 4.69) is 20.5 Å². The van der Waals surface area contributed by atoms with Crippen LogP contribution in [0, 0.1) is 4.77 Å². The molecule has 0 aliphatic rings. The summed E-state index contributed by atoms with van der Waals surface area (Å²) in [5.41, 5.74) is 1.51. The zero-order valence-corrected chi connectivity index (χ0v) is 19.4. The highest BCUT2D eigenvalue weighted by molar-refractivity contribution is 7.71. The molecular formula is C20H20N8O5S. The van der Waals surface area contributed by atoms with Gasteiger partial charge in [-0.2, -0.15) is 10.1 Å². The van der Waals surface area contributed by atoms with E-state index < -0.39 is 22.7 Å². The Morgan fingerprint density at radius 3 is 2.56 bits per heavy atom. The maximum atomic E-state index is 12.5. The quantitative estimate of drug-likeness (QED) is 0.208. The summed E-state index contributed by atoms with van der Waals surface area (Å²) in [6.45, 7) is 0. The lowest BCUT2D eigenvalue weighted by Gasteiger charge is -2.14. The normalized spacial score (nSPS) is 11.4. The number of H-pyrrole nitrogens is 1. The van der Waals surface area contributed by atoms with Crippen molar-refractivity contribution >= 4 is 35.5 Å². The van der Waals surface area contributed by atoms with Gasteiger partial charge in [-0.05, 0) is 24.4 Å². The van der Waals surface area contributed by atoms with Crippen molar-refractivity contribution in [3.8, 4) is 17.3 Å². The Labute approximate surface area is 195 Å². The fourth-order valence-electron chi connectivity index (χ4n) is 3.47. The number of aromatic amines is 1. The Morgan fingerprint density at radius 1 is 1.15 bits per heavy atom. The van der Waals surface area contributed by atoms with Crippen LogP contribution in [0.4, 0.5) is 5.95 Å². The number of methoxy groups -OCH3 is 1. The average molecular weight is 484 g/mol. The van der Waals surface area contributed by atoms with Crippen molar-refractivity contribution in [2.45, 2.75) is 0 Å². The number of anilines is 1. The van der Waals surface area contributed by atoms with Crippen LogP contribution < -0.4 is 27.0 Å². The molecule has 3 aromatic heterocycles. The van der Waals surface area contributed by atoms with E-state index in [4.69, 9.17) is 17.0 Å². The number of imidazole rings is 1. The van der Waals surface area contributed by atoms with E-state index in [1.54, 1.807) is 31.3 Å². The van der Waals surface area contributed by atoms with Crippen molar-refractivity contribution in [3.05, 3.63) is 65.8 Å². The number of fused-ring (bicyclic) bond motifs is 1. The summed E-state index contributed by atoms with van der Waals surface area (Å²) in [6, 6.07) is 6.82. The van der Waals surface area contributed by atoms with E-state index in [9.17, 15) is 19.5 Å². The van der Waals surface area contributed by atoms with Crippen LogP contribution in [-0.2, 0) is 21.1 Å². The van der Waals surface area contributed by atoms with Crippen LogP contribution in [0.15, 0.2) is 43.8 Å². The molecule has 0 aliphatic carbocycles. The second kappa shape index (κ2) is 8.47. The molecule has 14 heteroatoms. The minimum atomic E-state index is -0.666. The Kier molecular flexibility index (Phi) is 5.66. The van der Waals surface area contributed by atoms with Crippen LogP contribution in [0.25, 0.3) is 16.9 Å². The number of ether oxygens (including phenoxy) is 1. The Hall–Kier alpha value is -4.46. The highest BCUT2D eigenvalue weighted by Crippen LogP contribution is 2.26. The molecule has 0 amide bonds. The lowest BCUT2D eigenvalue weighted by molar-refractivity contribution is 0.402. The third-order valence-corrected chi connectivity index (χ3v) is 5.57. The monoisotopic (exact) mass is 484 g/mol. The van der Waals surface area contributed by atoms with Gasteiger partial charge in [-0.15, -0.1) is 0 Å². The van der Waals surface area contributed by atoms with Crippen LogP contribution in [0.2, 0.25) is 0 Å². The molecule has 0 bridgehead atoms. The Morgan fingerprint density at radius 2 is 1.85 bits per heavy atom. The van der Waals surface area contributed by atoms with E-state index in [1.165, 1.54) is 34.9 Å². The van der Waals surface area contributed by atoms with E-state index in [1.807, 2.05) is 0 Å². The van der Waals surface area contributed by atoms with Crippen LogP contribution in [0.5, 0.6) is 11.6 Å². The van der Waals surface area contributed by atoms with Gasteiger partial charge in [-0.25, -0.2) is 10.2 Å². The average Bonchev–Trinajstić information content (AvgIpc) is 3.14. The number of aromatic nitrogens is 6. The second-order valence-electron chi connectivity index (χ2n) is 7.25. The molecule has 0 spiro atoms. The predicted octanol–water partition coefficient (Wildman–Crippen LogP) is 0.339. The molecule has 0 unspecified atom stereocenters. The standard InChI is InChI=1S/C20H20N8O5S/c1-25-13-14(26(2)20(32)27(3)17(13)31)22-18(25)24-21-9-10-15(29)23-19(34)28(16(10)30)11-7-5-6-8-12(11)33-4/h5-9,30H,1-4H3,(H,22,24)(H,23,29,34). The molecule has 0 saturated carbocycles. The minimum Gasteiger partial charge on any atom is -0.495 e. The highest BCUT2D eigenvalue weighted by Gasteiger charge is 2.18. The summed E-state index contributed by atoms with van der Waals surface area (Å²) in [4.78, 5) is 43.9. The van der Waals surface area contributed by atoms with Crippen molar-refractivity contribution in [1.29, 1.82) is 0 Å². The van der Waals surface area contributed by atoms with Crippen molar-refractivity contribution in [2.75, 3.05) is 12.5 Å². The van der Waals surface area contributed by atoms with Gasteiger partial charge in [-0.3, -0.25) is 28.3 Å². The first kappa shape index (κ1) is 22.7. The third-order valence-electron chi connectivity index (χ3n) is 5.28. The van der Waals surface area contributed by atoms with Gasteiger partial charge in [0.25, 0.3) is 11.1 Å². The molecule has 0 saturated heterocycles. The van der Waals surface area contributed by atoms with Crippen molar-refractivity contribution in [1.82, 2.24) is 28.2 Å². The number of benzene rings is 1. The summed E-state index contributed by atoms with van der Waals surface area (Å²) < 4.78 is 10.2. The van der Waals surface area contributed by atoms with Gasteiger partial charge in [0.2, 0.25) is 11.8 Å². The molecule has 4 aromatic rings. The topological polar surface area (TPSA) is 153 Å². The van der Waals surface area contributed by atoms with Gasteiger partial charge in [-0.1, -0.05) is 12.1 Å². The lowest BCUT2D eigenvalue weighted by atomic mass is 10.2. The van der Waals surface area contributed by atoms with Gasteiger partial charge in [0.05, 0.1) is 19.0 Å². The zero-order chi connectivity index (χ0) is 24.7. The summed E-state index contributed by atoms with van der Waals surface area (Å²) >= 11 is 5.22.